The molecule has 0 bridgehead atoms. The van der Waals surface area contributed by atoms with E-state index in [-0.39, 0.29) is 6.04 Å². The van der Waals surface area contributed by atoms with Crippen molar-refractivity contribution in [3.63, 3.8) is 0 Å². The Balaban J connectivity index is 2.12. The van der Waals surface area contributed by atoms with Gasteiger partial charge in [0.05, 0.1) is 19.0 Å². The molecule has 1 heterocycles. The smallest absolute Gasteiger partial charge is 0.0922 e. The number of methoxy groups -OCH3 is 1. The number of hydrogen-bond acceptors (Lipinski definition) is 3. The van der Waals surface area contributed by atoms with Crippen LogP contribution in [-0.4, -0.2) is 35.6 Å². The summed E-state index contributed by atoms with van der Waals surface area (Å²) in [7, 11) is 3.78. The Kier molecular flexibility index (Phi) is 4.96. The average molecular weight is 280 g/mol. The summed E-state index contributed by atoms with van der Waals surface area (Å²) in [6.07, 6.45) is 3.53. The molecule has 19 heavy (non-hydrogen) atoms. The van der Waals surface area contributed by atoms with Crippen LogP contribution in [0.5, 0.6) is 0 Å². The molecule has 1 N–H and O–H groups in total. The molecule has 4 nitrogen and oxygen atoms in total. The van der Waals surface area contributed by atoms with E-state index < -0.39 is 0 Å². The van der Waals surface area contributed by atoms with E-state index in [0.29, 0.717) is 6.61 Å². The molecular weight excluding hydrogens is 262 g/mol. The van der Waals surface area contributed by atoms with E-state index >= 15 is 0 Å². The molecule has 1 aromatic carbocycles. The highest BCUT2D eigenvalue weighted by molar-refractivity contribution is 6.30. The number of H-pyrrole nitrogens is 1. The molecule has 1 atom stereocenters. The fraction of sp³-hybridized carbons (Fsp3) is 0.357. The molecule has 0 amide bonds. The first-order chi connectivity index (χ1) is 9.20. The monoisotopic (exact) mass is 279 g/mol. The number of nitrogens with zero attached hydrogens (tertiary/aromatic N) is 2. The number of aromatic amines is 1. The lowest BCUT2D eigenvalue weighted by Crippen LogP contribution is -2.27. The van der Waals surface area contributed by atoms with Crippen LogP contribution in [0, 0.1) is 0 Å². The second kappa shape index (κ2) is 6.70. The Morgan fingerprint density at radius 1 is 1.37 bits per heavy atom. The van der Waals surface area contributed by atoms with E-state index in [9.17, 15) is 0 Å². The molecule has 0 fully saturated rings. The third-order valence-electron chi connectivity index (χ3n) is 3.09. The van der Waals surface area contributed by atoms with Gasteiger partial charge >= 0.3 is 0 Å². The SMILES string of the molecule is COC[C@H](c1ccc(Cl)cc1)N(C)Cc1cnc[nH]1. The van der Waals surface area contributed by atoms with Crippen LogP contribution in [0.3, 0.4) is 0 Å². The fourth-order valence-electron chi connectivity index (χ4n) is 2.07. The molecule has 0 aliphatic carbocycles. The van der Waals surface area contributed by atoms with E-state index in [1.54, 1.807) is 13.4 Å². The molecule has 5 heteroatoms. The Labute approximate surface area is 118 Å². The third-order valence-corrected chi connectivity index (χ3v) is 3.34. The number of ether oxygens (including phenoxy) is 1. The van der Waals surface area contributed by atoms with Gasteiger partial charge < -0.3 is 9.72 Å². The first-order valence-corrected chi connectivity index (χ1v) is 6.50. The van der Waals surface area contributed by atoms with Crippen LogP contribution >= 0.6 is 11.6 Å². The Morgan fingerprint density at radius 2 is 2.11 bits per heavy atom. The van der Waals surface area contributed by atoms with Gasteiger partial charge in [0.1, 0.15) is 0 Å². The Bertz CT molecular complexity index is 484. The van der Waals surface area contributed by atoms with Crippen LogP contribution in [0.4, 0.5) is 0 Å². The first-order valence-electron chi connectivity index (χ1n) is 6.12. The zero-order valence-electron chi connectivity index (χ0n) is 11.1. The highest BCUT2D eigenvalue weighted by Gasteiger charge is 2.17. The molecule has 2 rings (SSSR count). The summed E-state index contributed by atoms with van der Waals surface area (Å²) >= 11 is 5.93. The second-order valence-corrected chi connectivity index (χ2v) is 4.95. The lowest BCUT2D eigenvalue weighted by molar-refractivity contribution is 0.102. The zero-order chi connectivity index (χ0) is 13.7. The largest absolute Gasteiger partial charge is 0.383 e. The predicted octanol–water partition coefficient (Wildman–Crippen LogP) is 2.88. The number of nitrogens with one attached hydrogen (secondary N) is 1. The van der Waals surface area contributed by atoms with Crippen molar-refractivity contribution >= 4 is 11.6 Å². The predicted molar refractivity (Wildman–Crippen MR) is 76.1 cm³/mol. The number of likely N-dealkylation sites (N-methyl/N-ethyl adjacent to an activating group) is 1. The van der Waals surface area contributed by atoms with Crippen molar-refractivity contribution in [3.8, 4) is 0 Å². The minimum Gasteiger partial charge on any atom is -0.383 e. The third kappa shape index (κ3) is 3.80. The lowest BCUT2D eigenvalue weighted by Gasteiger charge is -2.27. The quantitative estimate of drug-likeness (QED) is 0.884. The number of halogens is 1. The molecular formula is C14H18ClN3O. The molecule has 0 aliphatic rings. The molecule has 2 aromatic rings. The summed E-state index contributed by atoms with van der Waals surface area (Å²) in [5.41, 5.74) is 2.27. The van der Waals surface area contributed by atoms with Crippen molar-refractivity contribution < 1.29 is 4.74 Å². The average Bonchev–Trinajstić information content (AvgIpc) is 2.90. The summed E-state index contributed by atoms with van der Waals surface area (Å²) in [6.45, 7) is 1.42. The first kappa shape index (κ1) is 14.1. The highest BCUT2D eigenvalue weighted by atomic mass is 35.5. The van der Waals surface area contributed by atoms with Gasteiger partial charge in [-0.2, -0.15) is 0 Å². The van der Waals surface area contributed by atoms with E-state index in [2.05, 4.69) is 21.9 Å². The van der Waals surface area contributed by atoms with E-state index in [1.807, 2.05) is 30.5 Å². The molecule has 0 saturated heterocycles. The topological polar surface area (TPSA) is 41.1 Å². The van der Waals surface area contributed by atoms with Crippen molar-refractivity contribution in [3.05, 3.63) is 53.1 Å². The number of benzene rings is 1. The lowest BCUT2D eigenvalue weighted by atomic mass is 10.1. The van der Waals surface area contributed by atoms with Gasteiger partial charge in [0.15, 0.2) is 0 Å². The highest BCUT2D eigenvalue weighted by Crippen LogP contribution is 2.22. The number of hydrogen-bond donors (Lipinski definition) is 1. The molecule has 0 spiro atoms. The maximum Gasteiger partial charge on any atom is 0.0922 e. The van der Waals surface area contributed by atoms with Gasteiger partial charge in [-0.05, 0) is 24.7 Å². The zero-order valence-corrected chi connectivity index (χ0v) is 11.9. The van der Waals surface area contributed by atoms with Gasteiger partial charge in [0.25, 0.3) is 0 Å². The number of rotatable bonds is 6. The van der Waals surface area contributed by atoms with Crippen LogP contribution in [-0.2, 0) is 11.3 Å². The minimum absolute atomic E-state index is 0.186. The summed E-state index contributed by atoms with van der Waals surface area (Å²) in [5, 5.41) is 0.746. The van der Waals surface area contributed by atoms with Crippen LogP contribution < -0.4 is 0 Å². The van der Waals surface area contributed by atoms with Crippen LogP contribution in [0.15, 0.2) is 36.8 Å². The molecule has 0 unspecified atom stereocenters. The second-order valence-electron chi connectivity index (χ2n) is 4.51. The van der Waals surface area contributed by atoms with Crippen molar-refractivity contribution in [2.45, 2.75) is 12.6 Å². The van der Waals surface area contributed by atoms with E-state index in [0.717, 1.165) is 17.3 Å². The molecule has 0 radical (unpaired) electrons. The van der Waals surface area contributed by atoms with Crippen molar-refractivity contribution in [1.29, 1.82) is 0 Å². The number of imidazole rings is 1. The number of aromatic nitrogens is 2. The van der Waals surface area contributed by atoms with Crippen LogP contribution in [0.25, 0.3) is 0 Å². The van der Waals surface area contributed by atoms with Gasteiger partial charge in [0.2, 0.25) is 0 Å². The fourth-order valence-corrected chi connectivity index (χ4v) is 2.20. The summed E-state index contributed by atoms with van der Waals surface area (Å²) < 4.78 is 5.33. The summed E-state index contributed by atoms with van der Waals surface area (Å²) in [5.74, 6) is 0. The van der Waals surface area contributed by atoms with Crippen LogP contribution in [0.2, 0.25) is 5.02 Å². The summed E-state index contributed by atoms with van der Waals surface area (Å²) in [6, 6.07) is 8.07. The maximum atomic E-state index is 5.93. The van der Waals surface area contributed by atoms with E-state index in [1.165, 1.54) is 5.56 Å². The van der Waals surface area contributed by atoms with Gasteiger partial charge in [-0.25, -0.2) is 4.98 Å². The molecule has 102 valence electrons. The van der Waals surface area contributed by atoms with Crippen molar-refractivity contribution in [2.24, 2.45) is 0 Å². The van der Waals surface area contributed by atoms with Gasteiger partial charge in [-0.15, -0.1) is 0 Å². The molecule has 0 saturated carbocycles. The van der Waals surface area contributed by atoms with Crippen molar-refractivity contribution in [2.75, 3.05) is 20.8 Å². The Morgan fingerprint density at radius 3 is 2.68 bits per heavy atom. The maximum absolute atomic E-state index is 5.93. The van der Waals surface area contributed by atoms with E-state index in [4.69, 9.17) is 16.3 Å². The van der Waals surface area contributed by atoms with Gasteiger partial charge in [-0.1, -0.05) is 23.7 Å². The summed E-state index contributed by atoms with van der Waals surface area (Å²) in [4.78, 5) is 9.37. The van der Waals surface area contributed by atoms with Crippen LogP contribution in [0.1, 0.15) is 17.3 Å². The molecule has 1 aromatic heterocycles. The Hall–Kier alpha value is -1.36. The van der Waals surface area contributed by atoms with Gasteiger partial charge in [-0.3, -0.25) is 4.90 Å². The normalized spacial score (nSPS) is 12.8. The van der Waals surface area contributed by atoms with Gasteiger partial charge in [0, 0.05) is 30.6 Å². The minimum atomic E-state index is 0.186. The molecule has 0 aliphatic heterocycles. The van der Waals surface area contributed by atoms with Crippen molar-refractivity contribution in [1.82, 2.24) is 14.9 Å². The standard InChI is InChI=1S/C14H18ClN3O/c1-18(8-13-7-16-10-17-13)14(9-19-2)11-3-5-12(15)6-4-11/h3-7,10,14H,8-9H2,1-2H3,(H,16,17)/t14-/m1/s1.